The number of carbonyl (C=O) groups is 2. The number of hydrogen-bond acceptors (Lipinski definition) is 2. The molecule has 0 bridgehead atoms. The van der Waals surface area contributed by atoms with Crippen molar-refractivity contribution in [2.45, 2.75) is 6.92 Å². The highest BCUT2D eigenvalue weighted by Crippen LogP contribution is 2.17. The summed E-state index contributed by atoms with van der Waals surface area (Å²) in [5.41, 5.74) is 1.65. The molecule has 4 nitrogen and oxygen atoms in total. The average molecular weight is 398 g/mol. The number of nitrogens with one attached hydrogen (secondary N) is 2. The number of amides is 2. The normalized spacial score (nSPS) is 10.0. The summed E-state index contributed by atoms with van der Waals surface area (Å²) >= 11 is 2.16. The first kappa shape index (κ1) is 15.4. The van der Waals surface area contributed by atoms with Gasteiger partial charge in [0.1, 0.15) is 5.82 Å². The summed E-state index contributed by atoms with van der Waals surface area (Å²) < 4.78 is 14.0. The molecule has 6 heteroatoms. The lowest BCUT2D eigenvalue weighted by atomic mass is 10.2. The van der Waals surface area contributed by atoms with Crippen LogP contribution in [0.2, 0.25) is 0 Å². The van der Waals surface area contributed by atoms with Crippen LogP contribution in [0.4, 0.5) is 15.8 Å². The Hall–Kier alpha value is -1.96. The minimum atomic E-state index is -0.849. The largest absolute Gasteiger partial charge is 0.318 e. The van der Waals surface area contributed by atoms with Crippen LogP contribution in [0.1, 0.15) is 5.56 Å². The molecule has 0 aliphatic carbocycles. The number of anilines is 2. The number of rotatable bonds is 2. The predicted octanol–water partition coefficient (Wildman–Crippen LogP) is 3.32. The molecule has 0 atom stereocenters. The third-order valence-electron chi connectivity index (χ3n) is 2.73. The number of carbonyl (C=O) groups excluding carboxylic acids is 2. The van der Waals surface area contributed by atoms with E-state index in [1.165, 1.54) is 18.2 Å². The highest BCUT2D eigenvalue weighted by atomic mass is 127. The number of aryl methyl sites for hydroxylation is 1. The van der Waals surface area contributed by atoms with Gasteiger partial charge in [0, 0.05) is 14.9 Å². The van der Waals surface area contributed by atoms with Crippen molar-refractivity contribution in [3.05, 3.63) is 57.4 Å². The molecule has 0 radical (unpaired) electrons. The Morgan fingerprint density at radius 2 is 1.76 bits per heavy atom. The molecular formula is C15H12FIN2O2. The highest BCUT2D eigenvalue weighted by molar-refractivity contribution is 14.1. The summed E-state index contributed by atoms with van der Waals surface area (Å²) in [5.74, 6) is -2.14. The Morgan fingerprint density at radius 1 is 1.05 bits per heavy atom. The van der Waals surface area contributed by atoms with E-state index in [9.17, 15) is 14.0 Å². The van der Waals surface area contributed by atoms with E-state index in [1.54, 1.807) is 6.07 Å². The monoisotopic (exact) mass is 398 g/mol. The SMILES string of the molecule is Cc1cc(I)ccc1NC(=O)C(=O)Nc1cccc(F)c1. The van der Waals surface area contributed by atoms with Gasteiger partial charge in [-0.15, -0.1) is 0 Å². The highest BCUT2D eigenvalue weighted by Gasteiger charge is 2.15. The first-order valence-corrected chi connectivity index (χ1v) is 7.17. The van der Waals surface area contributed by atoms with Gasteiger partial charge in [-0.25, -0.2) is 4.39 Å². The molecule has 2 N–H and O–H groups in total. The van der Waals surface area contributed by atoms with Crippen LogP contribution in [0, 0.1) is 16.3 Å². The van der Waals surface area contributed by atoms with Crippen molar-refractivity contribution in [2.75, 3.05) is 10.6 Å². The molecule has 2 amide bonds. The Balaban J connectivity index is 2.04. The molecule has 0 aliphatic rings. The zero-order valence-corrected chi connectivity index (χ0v) is 13.3. The van der Waals surface area contributed by atoms with Crippen molar-refractivity contribution in [3.63, 3.8) is 0 Å². The lowest BCUT2D eigenvalue weighted by Crippen LogP contribution is -2.29. The molecule has 0 heterocycles. The first-order chi connectivity index (χ1) is 9.95. The number of halogens is 2. The summed E-state index contributed by atoms with van der Waals surface area (Å²) in [6.07, 6.45) is 0. The maximum Gasteiger partial charge on any atom is 0.314 e. The van der Waals surface area contributed by atoms with E-state index in [1.807, 2.05) is 19.1 Å². The fourth-order valence-electron chi connectivity index (χ4n) is 1.70. The molecular weight excluding hydrogens is 386 g/mol. The summed E-state index contributed by atoms with van der Waals surface area (Å²) in [7, 11) is 0. The second-order valence-corrected chi connectivity index (χ2v) is 5.62. The summed E-state index contributed by atoms with van der Waals surface area (Å²) in [4.78, 5) is 23.6. The lowest BCUT2D eigenvalue weighted by Gasteiger charge is -2.09. The van der Waals surface area contributed by atoms with Crippen LogP contribution < -0.4 is 10.6 Å². The van der Waals surface area contributed by atoms with Crippen LogP contribution in [0.15, 0.2) is 42.5 Å². The van der Waals surface area contributed by atoms with Gasteiger partial charge in [-0.3, -0.25) is 9.59 Å². The molecule has 0 unspecified atom stereocenters. The lowest BCUT2D eigenvalue weighted by molar-refractivity contribution is -0.133. The quantitative estimate of drug-likeness (QED) is 0.603. The van der Waals surface area contributed by atoms with E-state index >= 15 is 0 Å². The zero-order valence-electron chi connectivity index (χ0n) is 11.1. The zero-order chi connectivity index (χ0) is 15.4. The van der Waals surface area contributed by atoms with E-state index in [-0.39, 0.29) is 5.69 Å². The molecule has 0 spiro atoms. The number of hydrogen-bond donors (Lipinski definition) is 2. The maximum absolute atomic E-state index is 13.0. The van der Waals surface area contributed by atoms with Gasteiger partial charge < -0.3 is 10.6 Å². The molecule has 108 valence electrons. The predicted molar refractivity (Wildman–Crippen MR) is 87.6 cm³/mol. The Bertz CT molecular complexity index is 704. The van der Waals surface area contributed by atoms with Crippen molar-refractivity contribution in [2.24, 2.45) is 0 Å². The van der Waals surface area contributed by atoms with Crippen molar-refractivity contribution in [1.29, 1.82) is 0 Å². The summed E-state index contributed by atoms with van der Waals surface area (Å²) in [6.45, 7) is 1.84. The molecule has 21 heavy (non-hydrogen) atoms. The van der Waals surface area contributed by atoms with E-state index < -0.39 is 17.6 Å². The molecule has 0 aliphatic heterocycles. The van der Waals surface area contributed by atoms with Crippen molar-refractivity contribution < 1.29 is 14.0 Å². The minimum Gasteiger partial charge on any atom is -0.318 e. The van der Waals surface area contributed by atoms with Gasteiger partial charge in [-0.1, -0.05) is 6.07 Å². The van der Waals surface area contributed by atoms with E-state index in [0.717, 1.165) is 15.2 Å². The first-order valence-electron chi connectivity index (χ1n) is 6.10. The van der Waals surface area contributed by atoms with Gasteiger partial charge in [0.2, 0.25) is 0 Å². The van der Waals surface area contributed by atoms with Crippen LogP contribution in [0.3, 0.4) is 0 Å². The summed E-state index contributed by atoms with van der Waals surface area (Å²) in [6, 6.07) is 10.8. The summed E-state index contributed by atoms with van der Waals surface area (Å²) in [5, 5.41) is 4.87. The van der Waals surface area contributed by atoms with Crippen LogP contribution in [-0.4, -0.2) is 11.8 Å². The molecule has 0 aromatic heterocycles. The number of benzene rings is 2. The molecule has 0 saturated heterocycles. The molecule has 2 rings (SSSR count). The Morgan fingerprint density at radius 3 is 2.43 bits per heavy atom. The molecule has 0 fully saturated rings. The minimum absolute atomic E-state index is 0.231. The average Bonchev–Trinajstić information content (AvgIpc) is 2.41. The van der Waals surface area contributed by atoms with Gasteiger partial charge in [-0.05, 0) is 71.5 Å². The van der Waals surface area contributed by atoms with Crippen molar-refractivity contribution >= 4 is 45.8 Å². The fourth-order valence-corrected chi connectivity index (χ4v) is 2.35. The Labute approximate surface area is 134 Å². The molecule has 0 saturated carbocycles. The third-order valence-corrected chi connectivity index (χ3v) is 3.40. The van der Waals surface area contributed by atoms with E-state index in [4.69, 9.17) is 0 Å². The van der Waals surface area contributed by atoms with Crippen LogP contribution in [-0.2, 0) is 9.59 Å². The van der Waals surface area contributed by atoms with Gasteiger partial charge in [-0.2, -0.15) is 0 Å². The second kappa shape index (κ2) is 6.66. The smallest absolute Gasteiger partial charge is 0.314 e. The molecule has 2 aromatic rings. The fraction of sp³-hybridized carbons (Fsp3) is 0.0667. The Kier molecular flexibility index (Phi) is 4.89. The van der Waals surface area contributed by atoms with Crippen LogP contribution in [0.25, 0.3) is 0 Å². The van der Waals surface area contributed by atoms with E-state index in [2.05, 4.69) is 33.2 Å². The van der Waals surface area contributed by atoms with Crippen molar-refractivity contribution in [1.82, 2.24) is 0 Å². The van der Waals surface area contributed by atoms with Crippen LogP contribution >= 0.6 is 22.6 Å². The van der Waals surface area contributed by atoms with Gasteiger partial charge >= 0.3 is 11.8 Å². The maximum atomic E-state index is 13.0. The standard InChI is InChI=1S/C15H12FIN2O2/c1-9-7-11(17)5-6-13(9)19-15(21)14(20)18-12-4-2-3-10(16)8-12/h2-8H,1H3,(H,18,20)(H,19,21). The van der Waals surface area contributed by atoms with E-state index in [0.29, 0.717) is 5.69 Å². The topological polar surface area (TPSA) is 58.2 Å². The third kappa shape index (κ3) is 4.25. The van der Waals surface area contributed by atoms with Gasteiger partial charge in [0.15, 0.2) is 0 Å². The second-order valence-electron chi connectivity index (χ2n) is 4.38. The molecule has 2 aromatic carbocycles. The van der Waals surface area contributed by atoms with Gasteiger partial charge in [0.05, 0.1) is 0 Å². The van der Waals surface area contributed by atoms with Crippen molar-refractivity contribution in [3.8, 4) is 0 Å². The van der Waals surface area contributed by atoms with Crippen LogP contribution in [0.5, 0.6) is 0 Å². The van der Waals surface area contributed by atoms with Gasteiger partial charge in [0.25, 0.3) is 0 Å².